The normalized spacial score (nSPS) is 12.8. The van der Waals surface area contributed by atoms with Crippen molar-refractivity contribution in [3.05, 3.63) is 0 Å². The molecule has 0 radical (unpaired) electrons. The number of carbonyl (C=O) groups excluding carboxylic acids is 1. The van der Waals surface area contributed by atoms with E-state index in [1.807, 2.05) is 0 Å². The smallest absolute Gasteiger partial charge is 0.407 e. The van der Waals surface area contributed by atoms with Crippen LogP contribution in [-0.4, -0.2) is 64.6 Å². The summed E-state index contributed by atoms with van der Waals surface area (Å²) in [5, 5.41) is 2.85. The molecule has 0 spiro atoms. The average Bonchev–Trinajstić information content (AvgIpc) is 2.64. The lowest BCUT2D eigenvalue weighted by Crippen LogP contribution is -2.36. The van der Waals surface area contributed by atoms with Crippen molar-refractivity contribution in [2.24, 2.45) is 0 Å². The summed E-state index contributed by atoms with van der Waals surface area (Å²) in [5.41, 5.74) is 0. The molecule has 28 heavy (non-hydrogen) atoms. The zero-order chi connectivity index (χ0) is 21.1. The van der Waals surface area contributed by atoms with Crippen LogP contribution in [0.2, 0.25) is 0 Å². The summed E-state index contributed by atoms with van der Waals surface area (Å²) in [4.78, 5) is 11.8. The average molecular weight is 402 g/mol. The maximum atomic E-state index is 11.8. The van der Waals surface area contributed by atoms with Gasteiger partial charge in [-0.2, -0.15) is 0 Å². The fourth-order valence-corrected chi connectivity index (χ4v) is 3.26. The van der Waals surface area contributed by atoms with Crippen LogP contribution in [0.25, 0.3) is 0 Å². The third-order valence-electron chi connectivity index (χ3n) is 5.14. The van der Waals surface area contributed by atoms with Crippen LogP contribution in [0.15, 0.2) is 0 Å². The number of alkyl carbamates (subject to hydrolysis) is 1. The highest BCUT2D eigenvalue weighted by Gasteiger charge is 2.13. The molecule has 0 rings (SSSR count). The Kier molecular flexibility index (Phi) is 17.7. The lowest BCUT2D eigenvalue weighted by molar-refractivity contribution is -0.870. The van der Waals surface area contributed by atoms with Gasteiger partial charge in [-0.25, -0.2) is 4.79 Å². The van der Waals surface area contributed by atoms with E-state index in [1.54, 1.807) is 7.11 Å². The number of quaternary nitrogens is 1. The van der Waals surface area contributed by atoms with E-state index in [0.717, 1.165) is 30.3 Å². The van der Waals surface area contributed by atoms with Crippen molar-refractivity contribution in [3.8, 4) is 0 Å². The van der Waals surface area contributed by atoms with E-state index in [1.165, 1.54) is 64.2 Å². The number of nitrogens with one attached hydrogen (secondary N) is 1. The highest BCUT2D eigenvalue weighted by atomic mass is 16.6. The third kappa shape index (κ3) is 19.9. The number of nitrogens with zero attached hydrogens (tertiary/aromatic N) is 1. The third-order valence-corrected chi connectivity index (χ3v) is 5.14. The molecule has 0 aromatic heterocycles. The number of carbonyl (C=O) groups is 1. The summed E-state index contributed by atoms with van der Waals surface area (Å²) < 4.78 is 11.7. The topological polar surface area (TPSA) is 47.6 Å². The Morgan fingerprint density at radius 1 is 0.857 bits per heavy atom. The zero-order valence-corrected chi connectivity index (χ0v) is 19.6. The Labute approximate surface area is 175 Å². The number of rotatable bonds is 19. The van der Waals surface area contributed by atoms with Crippen molar-refractivity contribution in [1.82, 2.24) is 5.32 Å². The molecule has 0 bridgehead atoms. The molecule has 0 aliphatic rings. The first-order valence-corrected chi connectivity index (χ1v) is 11.6. The summed E-state index contributed by atoms with van der Waals surface area (Å²) in [7, 11) is 8.23. The van der Waals surface area contributed by atoms with Crippen molar-refractivity contribution < 1.29 is 18.8 Å². The molecule has 0 aliphatic carbocycles. The molecule has 0 heterocycles. The van der Waals surface area contributed by atoms with Crippen LogP contribution >= 0.6 is 0 Å². The Morgan fingerprint density at radius 2 is 1.39 bits per heavy atom. The summed E-state index contributed by atoms with van der Waals surface area (Å²) in [6.45, 7) is 4.39. The van der Waals surface area contributed by atoms with Crippen LogP contribution in [0, 0.1) is 0 Å². The molecule has 0 aliphatic heterocycles. The minimum absolute atomic E-state index is 0.0146. The molecule has 168 valence electrons. The second-order valence-electron chi connectivity index (χ2n) is 9.07. The highest BCUT2D eigenvalue weighted by Crippen LogP contribution is 2.11. The molecule has 1 amide bonds. The van der Waals surface area contributed by atoms with Crippen LogP contribution in [-0.2, 0) is 9.47 Å². The molecule has 0 aromatic carbocycles. The van der Waals surface area contributed by atoms with Crippen LogP contribution in [0.5, 0.6) is 0 Å². The predicted molar refractivity (Wildman–Crippen MR) is 119 cm³/mol. The first kappa shape index (κ1) is 27.2. The number of hydrogen-bond donors (Lipinski definition) is 1. The molecule has 5 heteroatoms. The van der Waals surface area contributed by atoms with E-state index in [0.29, 0.717) is 13.2 Å². The van der Waals surface area contributed by atoms with Gasteiger partial charge in [-0.1, -0.05) is 71.1 Å². The molecule has 0 aromatic rings. The molecular formula is C23H49N2O3+. The fourth-order valence-electron chi connectivity index (χ4n) is 3.26. The largest absolute Gasteiger partial charge is 0.447 e. The Hall–Kier alpha value is -0.810. The monoisotopic (exact) mass is 401 g/mol. The van der Waals surface area contributed by atoms with Gasteiger partial charge in [-0.05, 0) is 19.3 Å². The zero-order valence-electron chi connectivity index (χ0n) is 19.6. The molecule has 1 N–H and O–H groups in total. The van der Waals surface area contributed by atoms with Crippen LogP contribution in [0.4, 0.5) is 4.79 Å². The Morgan fingerprint density at radius 3 is 1.89 bits per heavy atom. The van der Waals surface area contributed by atoms with Crippen molar-refractivity contribution in [1.29, 1.82) is 0 Å². The van der Waals surface area contributed by atoms with Gasteiger partial charge in [0.15, 0.2) is 0 Å². The van der Waals surface area contributed by atoms with E-state index in [9.17, 15) is 4.79 Å². The van der Waals surface area contributed by atoms with Crippen LogP contribution in [0.1, 0.15) is 90.4 Å². The molecular weight excluding hydrogens is 352 g/mol. The Bertz CT molecular complexity index is 356. The molecule has 0 fully saturated rings. The lowest BCUT2D eigenvalue weighted by atomic mass is 10.1. The number of ether oxygens (including phenoxy) is 2. The van der Waals surface area contributed by atoms with Gasteiger partial charge in [0, 0.05) is 13.7 Å². The number of unbranched alkanes of at least 4 members (excludes halogenated alkanes) is 10. The van der Waals surface area contributed by atoms with Crippen LogP contribution < -0.4 is 5.32 Å². The van der Waals surface area contributed by atoms with Crippen molar-refractivity contribution >= 4 is 6.09 Å². The molecule has 1 unspecified atom stereocenters. The first-order chi connectivity index (χ1) is 13.4. The quantitative estimate of drug-likeness (QED) is 0.229. The SMILES string of the molecule is CCCCCCCCCCCCCNC(=O)OCC(CCC[N+](C)(C)C)OC. The van der Waals surface area contributed by atoms with Gasteiger partial charge < -0.3 is 19.3 Å². The highest BCUT2D eigenvalue weighted by molar-refractivity contribution is 5.67. The van der Waals surface area contributed by atoms with Gasteiger partial charge in [-0.15, -0.1) is 0 Å². The van der Waals surface area contributed by atoms with E-state index in [4.69, 9.17) is 9.47 Å². The maximum Gasteiger partial charge on any atom is 0.407 e. The second-order valence-corrected chi connectivity index (χ2v) is 9.07. The van der Waals surface area contributed by atoms with Gasteiger partial charge in [0.25, 0.3) is 0 Å². The minimum Gasteiger partial charge on any atom is -0.447 e. The van der Waals surface area contributed by atoms with Gasteiger partial charge in [0.2, 0.25) is 0 Å². The second kappa shape index (κ2) is 18.2. The molecule has 5 nitrogen and oxygen atoms in total. The van der Waals surface area contributed by atoms with Crippen molar-refractivity contribution in [3.63, 3.8) is 0 Å². The van der Waals surface area contributed by atoms with Crippen molar-refractivity contribution in [2.45, 2.75) is 96.5 Å². The lowest BCUT2D eigenvalue weighted by Gasteiger charge is -2.24. The number of amides is 1. The molecule has 0 saturated heterocycles. The number of hydrogen-bond acceptors (Lipinski definition) is 3. The van der Waals surface area contributed by atoms with E-state index in [2.05, 4.69) is 33.4 Å². The maximum absolute atomic E-state index is 11.8. The fraction of sp³-hybridized carbons (Fsp3) is 0.957. The summed E-state index contributed by atoms with van der Waals surface area (Å²) in [6.07, 6.45) is 16.1. The number of methoxy groups -OCH3 is 1. The molecule has 1 atom stereocenters. The Balaban J connectivity index is 3.46. The summed E-state index contributed by atoms with van der Waals surface area (Å²) in [6, 6.07) is 0. The summed E-state index contributed by atoms with van der Waals surface area (Å²) >= 11 is 0. The van der Waals surface area contributed by atoms with Gasteiger partial charge in [0.1, 0.15) is 6.61 Å². The molecule has 0 saturated carbocycles. The van der Waals surface area contributed by atoms with E-state index >= 15 is 0 Å². The minimum atomic E-state index is -0.319. The van der Waals surface area contributed by atoms with Crippen molar-refractivity contribution in [2.75, 3.05) is 47.9 Å². The van der Waals surface area contributed by atoms with E-state index < -0.39 is 0 Å². The van der Waals surface area contributed by atoms with E-state index in [-0.39, 0.29) is 12.2 Å². The van der Waals surface area contributed by atoms with Gasteiger partial charge in [0.05, 0.1) is 33.8 Å². The van der Waals surface area contributed by atoms with Gasteiger partial charge in [-0.3, -0.25) is 0 Å². The standard InChI is InChI=1S/C23H48N2O3/c1-6-7-8-9-10-11-12-13-14-15-16-19-24-23(26)28-21-22(27-5)18-17-20-25(2,3)4/h22H,6-21H2,1-5H3/p+1. The van der Waals surface area contributed by atoms with Gasteiger partial charge >= 0.3 is 6.09 Å². The van der Waals surface area contributed by atoms with Crippen LogP contribution in [0.3, 0.4) is 0 Å². The summed E-state index contributed by atoms with van der Waals surface area (Å²) in [5.74, 6) is 0. The predicted octanol–water partition coefficient (Wildman–Crippen LogP) is 5.53. The first-order valence-electron chi connectivity index (χ1n) is 11.6.